The van der Waals surface area contributed by atoms with Crippen LogP contribution in [0.15, 0.2) is 173 Å². The molecule has 0 amide bonds. The summed E-state index contributed by atoms with van der Waals surface area (Å²) in [4.78, 5) is 4.99. The van der Waals surface area contributed by atoms with Gasteiger partial charge in [-0.1, -0.05) is 115 Å². The van der Waals surface area contributed by atoms with Crippen molar-refractivity contribution >= 4 is 16.9 Å². The molecule has 2 aromatic rings. The summed E-state index contributed by atoms with van der Waals surface area (Å²) in [7, 11) is 0. The van der Waals surface area contributed by atoms with E-state index in [4.69, 9.17) is 4.99 Å². The van der Waals surface area contributed by atoms with Crippen molar-refractivity contribution in [2.45, 2.75) is 6.42 Å². The molecular formula is C37H28N2. The van der Waals surface area contributed by atoms with E-state index in [0.29, 0.717) is 0 Å². The molecule has 0 aromatic heterocycles. The zero-order valence-electron chi connectivity index (χ0n) is 21.6. The highest BCUT2D eigenvalue weighted by molar-refractivity contribution is 6.12. The number of hydrogen-bond donors (Lipinski definition) is 1. The lowest BCUT2D eigenvalue weighted by atomic mass is 9.59. The molecule has 2 spiro atoms. The molecule has 2 aromatic carbocycles. The van der Waals surface area contributed by atoms with Gasteiger partial charge in [-0.2, -0.15) is 0 Å². The second kappa shape index (κ2) is 8.41. The van der Waals surface area contributed by atoms with Crippen LogP contribution in [-0.4, -0.2) is 5.71 Å². The van der Waals surface area contributed by atoms with Crippen LogP contribution in [0.1, 0.15) is 17.5 Å². The van der Waals surface area contributed by atoms with Crippen molar-refractivity contribution in [3.8, 4) is 0 Å². The Balaban J connectivity index is 1.34. The van der Waals surface area contributed by atoms with Gasteiger partial charge in [0, 0.05) is 24.0 Å². The number of aliphatic imine (C=N–C) groups is 1. The van der Waals surface area contributed by atoms with Crippen molar-refractivity contribution < 1.29 is 0 Å². The fraction of sp³-hybridized carbons (Fsp3) is 0.108. The molecule has 39 heavy (non-hydrogen) atoms. The van der Waals surface area contributed by atoms with E-state index < -0.39 is 0 Å². The Labute approximate surface area is 229 Å². The van der Waals surface area contributed by atoms with Gasteiger partial charge in [-0.25, -0.2) is 0 Å². The second-order valence-electron chi connectivity index (χ2n) is 10.9. The van der Waals surface area contributed by atoms with Gasteiger partial charge in [0.1, 0.15) is 0 Å². The second-order valence-corrected chi connectivity index (χ2v) is 10.9. The number of rotatable bonds is 3. The molecule has 186 valence electrons. The van der Waals surface area contributed by atoms with Crippen LogP contribution in [0.3, 0.4) is 0 Å². The summed E-state index contributed by atoms with van der Waals surface area (Å²) in [6.07, 6.45) is 32.7. The van der Waals surface area contributed by atoms with Crippen LogP contribution in [0.4, 0.5) is 0 Å². The maximum atomic E-state index is 4.99. The Bertz CT molecular complexity index is 1730. The summed E-state index contributed by atoms with van der Waals surface area (Å²) >= 11 is 0. The molecule has 0 radical (unpaired) electrons. The Hall–Kier alpha value is -4.69. The third-order valence-corrected chi connectivity index (χ3v) is 9.02. The van der Waals surface area contributed by atoms with Crippen molar-refractivity contribution in [2.24, 2.45) is 21.7 Å². The Morgan fingerprint density at radius 2 is 1.51 bits per heavy atom. The van der Waals surface area contributed by atoms with Crippen LogP contribution in [0.5, 0.6) is 0 Å². The number of hydrogen-bond acceptors (Lipinski definition) is 2. The number of nitrogens with one attached hydrogen (secondary N) is 1. The van der Waals surface area contributed by atoms with Crippen LogP contribution >= 0.6 is 0 Å². The van der Waals surface area contributed by atoms with Crippen molar-refractivity contribution in [1.82, 2.24) is 5.32 Å². The molecule has 0 saturated carbocycles. The molecule has 8 rings (SSSR count). The van der Waals surface area contributed by atoms with E-state index in [2.05, 4.69) is 151 Å². The van der Waals surface area contributed by atoms with Crippen LogP contribution in [-0.2, 0) is 0 Å². The maximum absolute atomic E-state index is 4.99. The van der Waals surface area contributed by atoms with Gasteiger partial charge in [0.25, 0.3) is 0 Å². The molecule has 0 fully saturated rings. The van der Waals surface area contributed by atoms with Crippen LogP contribution < -0.4 is 5.32 Å². The first kappa shape index (κ1) is 22.3. The molecule has 2 heterocycles. The number of nitrogens with zero attached hydrogens (tertiary/aromatic N) is 1. The van der Waals surface area contributed by atoms with Crippen molar-refractivity contribution in [3.05, 3.63) is 180 Å². The predicted molar refractivity (Wildman–Crippen MR) is 161 cm³/mol. The van der Waals surface area contributed by atoms with Gasteiger partial charge in [-0.3, -0.25) is 4.99 Å². The lowest BCUT2D eigenvalue weighted by Gasteiger charge is -2.43. The smallest absolute Gasteiger partial charge is 0.0796 e. The highest BCUT2D eigenvalue weighted by atomic mass is 14.9. The van der Waals surface area contributed by atoms with Gasteiger partial charge in [0.2, 0.25) is 0 Å². The van der Waals surface area contributed by atoms with Crippen LogP contribution in [0.25, 0.3) is 11.1 Å². The highest BCUT2D eigenvalue weighted by Gasteiger charge is 2.50. The summed E-state index contributed by atoms with van der Waals surface area (Å²) in [5.74, 6) is 0.213. The van der Waals surface area contributed by atoms with Gasteiger partial charge in [-0.15, -0.1) is 0 Å². The van der Waals surface area contributed by atoms with Crippen molar-refractivity contribution in [3.63, 3.8) is 0 Å². The first-order valence-corrected chi connectivity index (χ1v) is 13.7. The maximum Gasteiger partial charge on any atom is 0.0796 e. The van der Waals surface area contributed by atoms with E-state index in [1.807, 2.05) is 0 Å². The molecule has 2 aliphatic heterocycles. The quantitative estimate of drug-likeness (QED) is 0.453. The van der Waals surface area contributed by atoms with Gasteiger partial charge in [-0.05, 0) is 63.6 Å². The minimum absolute atomic E-state index is 0.213. The van der Waals surface area contributed by atoms with E-state index in [1.54, 1.807) is 0 Å². The Kier molecular flexibility index (Phi) is 4.81. The highest BCUT2D eigenvalue weighted by Crippen LogP contribution is 2.57. The fourth-order valence-corrected chi connectivity index (χ4v) is 7.09. The Morgan fingerprint density at radius 3 is 2.33 bits per heavy atom. The van der Waals surface area contributed by atoms with Crippen molar-refractivity contribution in [2.75, 3.05) is 0 Å². The summed E-state index contributed by atoms with van der Waals surface area (Å²) < 4.78 is 0. The SMILES string of the molecule is C1=CC2=CNC3=CC(c4ccccc4)=CC(=CC4CC(c5ccccc5)=CC5=NC=C6C=CC=CC654)C23C=C1. The van der Waals surface area contributed by atoms with E-state index in [-0.39, 0.29) is 16.7 Å². The van der Waals surface area contributed by atoms with Gasteiger partial charge in [0.05, 0.1) is 16.5 Å². The van der Waals surface area contributed by atoms with E-state index in [1.165, 1.54) is 44.7 Å². The van der Waals surface area contributed by atoms with Crippen LogP contribution in [0.2, 0.25) is 0 Å². The molecule has 3 atom stereocenters. The lowest BCUT2D eigenvalue weighted by Crippen LogP contribution is -2.39. The molecule has 0 bridgehead atoms. The zero-order valence-corrected chi connectivity index (χ0v) is 21.6. The molecule has 3 unspecified atom stereocenters. The zero-order chi connectivity index (χ0) is 25.9. The summed E-state index contributed by atoms with van der Waals surface area (Å²) in [5.41, 5.74) is 10.8. The number of benzene rings is 2. The first-order valence-electron chi connectivity index (χ1n) is 13.7. The lowest BCUT2D eigenvalue weighted by molar-refractivity contribution is 0.458. The average molecular weight is 501 g/mol. The topological polar surface area (TPSA) is 24.4 Å². The summed E-state index contributed by atoms with van der Waals surface area (Å²) in [6, 6.07) is 21.5. The van der Waals surface area contributed by atoms with E-state index in [0.717, 1.165) is 12.1 Å². The molecule has 0 saturated heterocycles. The monoisotopic (exact) mass is 500 g/mol. The van der Waals surface area contributed by atoms with E-state index in [9.17, 15) is 0 Å². The molecule has 4 aliphatic carbocycles. The number of allylic oxidation sites excluding steroid dienone is 15. The minimum Gasteiger partial charge on any atom is -0.363 e. The predicted octanol–water partition coefficient (Wildman–Crippen LogP) is 8.05. The molecule has 2 heteroatoms. The molecular weight excluding hydrogens is 472 g/mol. The van der Waals surface area contributed by atoms with E-state index >= 15 is 0 Å². The van der Waals surface area contributed by atoms with Crippen LogP contribution in [0, 0.1) is 16.7 Å². The largest absolute Gasteiger partial charge is 0.363 e. The molecule has 2 nitrogen and oxygen atoms in total. The summed E-state index contributed by atoms with van der Waals surface area (Å²) in [5, 5.41) is 3.64. The average Bonchev–Trinajstić information content (AvgIpc) is 3.58. The summed E-state index contributed by atoms with van der Waals surface area (Å²) in [6.45, 7) is 0. The van der Waals surface area contributed by atoms with Gasteiger partial charge < -0.3 is 5.32 Å². The Morgan fingerprint density at radius 1 is 0.769 bits per heavy atom. The molecule has 1 N–H and O–H groups in total. The molecule has 6 aliphatic rings. The normalized spacial score (nSPS) is 30.2. The third-order valence-electron chi connectivity index (χ3n) is 9.02. The van der Waals surface area contributed by atoms with Gasteiger partial charge in [0.15, 0.2) is 0 Å². The third kappa shape index (κ3) is 3.18. The fourth-order valence-electron chi connectivity index (χ4n) is 7.09. The van der Waals surface area contributed by atoms with Crippen molar-refractivity contribution in [1.29, 1.82) is 0 Å². The standard InChI is InChI=1S/C37H28N2/c1-3-11-26(12-4-1)28-19-32(36-17-9-7-15-30(36)24-38-34(36)21-28)23-33-20-29(27-13-5-2-6-14-27)22-35-37(33)18-10-8-16-31(37)25-39-35/h1-19,21-25,33,38H,20H2. The minimum atomic E-state index is -0.300. The first-order chi connectivity index (χ1) is 19.3. The van der Waals surface area contributed by atoms with Gasteiger partial charge >= 0.3 is 0 Å².